The number of nitrogens with zero attached hydrogens (tertiary/aromatic N) is 1. The van der Waals surface area contributed by atoms with Gasteiger partial charge in [0.15, 0.2) is 0 Å². The monoisotopic (exact) mass is 553 g/mol. The van der Waals surface area contributed by atoms with E-state index in [-0.39, 0.29) is 18.2 Å². The van der Waals surface area contributed by atoms with Crippen molar-refractivity contribution < 1.29 is 23.9 Å². The highest BCUT2D eigenvalue weighted by molar-refractivity contribution is 5.91. The summed E-state index contributed by atoms with van der Waals surface area (Å²) in [5.41, 5.74) is 0.749. The second-order valence-corrected chi connectivity index (χ2v) is 12.7. The molecule has 0 radical (unpaired) electrons. The molecule has 3 amide bonds. The minimum absolute atomic E-state index is 0.130. The van der Waals surface area contributed by atoms with Gasteiger partial charge in [-0.25, -0.2) is 4.79 Å². The standard InChI is InChI=1S/C32H47N3O5/c1-22(2)19-27(35(9)30(38)40-32(6,7)8)29(37)33-26(28(36)34-31(3,4)5)20-23-15-17-25(18-16-23)39-21-24-13-11-10-12-14-24/h10-18,22,26-27H,19-21H2,1-9H3,(H,33,37)(H,34,36)/t26-,27+/m0/s1. The van der Waals surface area contributed by atoms with Gasteiger partial charge in [-0.05, 0) is 77.1 Å². The number of nitrogens with one attached hydrogen (secondary N) is 2. The number of hydrogen-bond donors (Lipinski definition) is 2. The first-order valence-electron chi connectivity index (χ1n) is 13.9. The molecule has 0 bridgehead atoms. The van der Waals surface area contributed by atoms with Crippen LogP contribution in [0.2, 0.25) is 0 Å². The van der Waals surface area contributed by atoms with Gasteiger partial charge in [0.25, 0.3) is 0 Å². The maximum atomic E-state index is 13.6. The third-order valence-electron chi connectivity index (χ3n) is 5.89. The minimum atomic E-state index is -0.843. The van der Waals surface area contributed by atoms with E-state index in [1.807, 2.05) is 89.2 Å². The maximum absolute atomic E-state index is 13.6. The van der Waals surface area contributed by atoms with Crippen LogP contribution in [-0.4, -0.2) is 53.1 Å². The first-order chi connectivity index (χ1) is 18.5. The Morgan fingerprint density at radius 3 is 1.98 bits per heavy atom. The van der Waals surface area contributed by atoms with Gasteiger partial charge in [0.2, 0.25) is 11.8 Å². The Bertz CT molecular complexity index is 1100. The van der Waals surface area contributed by atoms with Gasteiger partial charge in [-0.3, -0.25) is 14.5 Å². The SMILES string of the molecule is CC(C)C[C@H](C(=O)N[C@@H](Cc1ccc(OCc2ccccc2)cc1)C(=O)NC(C)(C)C)N(C)C(=O)OC(C)(C)C. The first kappa shape index (κ1) is 32.7. The number of hydrogen-bond acceptors (Lipinski definition) is 5. The average Bonchev–Trinajstić information content (AvgIpc) is 2.84. The van der Waals surface area contributed by atoms with Crippen LogP contribution < -0.4 is 15.4 Å². The molecule has 0 saturated carbocycles. The molecular weight excluding hydrogens is 506 g/mol. The van der Waals surface area contributed by atoms with E-state index in [9.17, 15) is 14.4 Å². The average molecular weight is 554 g/mol. The van der Waals surface area contributed by atoms with E-state index in [0.717, 1.165) is 11.1 Å². The fourth-order valence-corrected chi connectivity index (χ4v) is 3.98. The smallest absolute Gasteiger partial charge is 0.410 e. The summed E-state index contributed by atoms with van der Waals surface area (Å²) in [5.74, 6) is 0.140. The third kappa shape index (κ3) is 11.7. The molecular formula is C32H47N3O5. The van der Waals surface area contributed by atoms with Crippen molar-refractivity contribution in [2.24, 2.45) is 5.92 Å². The number of amides is 3. The molecule has 0 aromatic heterocycles. The zero-order chi connectivity index (χ0) is 30.1. The Morgan fingerprint density at radius 1 is 0.850 bits per heavy atom. The van der Waals surface area contributed by atoms with Crippen molar-refractivity contribution >= 4 is 17.9 Å². The number of benzene rings is 2. The molecule has 2 aromatic carbocycles. The van der Waals surface area contributed by atoms with Gasteiger partial charge in [0, 0.05) is 19.0 Å². The fourth-order valence-electron chi connectivity index (χ4n) is 3.98. The van der Waals surface area contributed by atoms with E-state index in [2.05, 4.69) is 10.6 Å². The summed E-state index contributed by atoms with van der Waals surface area (Å²) in [4.78, 5) is 41.0. The molecule has 40 heavy (non-hydrogen) atoms. The van der Waals surface area contributed by atoms with Crippen LogP contribution in [0.25, 0.3) is 0 Å². The van der Waals surface area contributed by atoms with Crippen LogP contribution in [0.4, 0.5) is 4.79 Å². The number of carbonyl (C=O) groups excluding carboxylic acids is 3. The molecule has 0 unspecified atom stereocenters. The van der Waals surface area contributed by atoms with E-state index in [1.165, 1.54) is 4.90 Å². The Balaban J connectivity index is 2.20. The van der Waals surface area contributed by atoms with Gasteiger partial charge in [-0.1, -0.05) is 56.3 Å². The predicted molar refractivity (Wildman–Crippen MR) is 158 cm³/mol. The van der Waals surface area contributed by atoms with Gasteiger partial charge >= 0.3 is 6.09 Å². The van der Waals surface area contributed by atoms with Crippen molar-refractivity contribution in [2.45, 2.75) is 98.1 Å². The molecule has 220 valence electrons. The summed E-state index contributed by atoms with van der Waals surface area (Å²) in [6.45, 7) is 15.4. The molecule has 0 heterocycles. The van der Waals surface area contributed by atoms with Crippen LogP contribution in [0.1, 0.15) is 72.9 Å². The van der Waals surface area contributed by atoms with Crippen LogP contribution in [-0.2, 0) is 27.4 Å². The van der Waals surface area contributed by atoms with Crippen molar-refractivity contribution in [3.63, 3.8) is 0 Å². The summed E-state index contributed by atoms with van der Waals surface area (Å²) in [6, 6.07) is 15.8. The highest BCUT2D eigenvalue weighted by atomic mass is 16.6. The summed E-state index contributed by atoms with van der Waals surface area (Å²) in [5, 5.41) is 5.90. The fraction of sp³-hybridized carbons (Fsp3) is 0.531. The van der Waals surface area contributed by atoms with Crippen LogP contribution in [0.3, 0.4) is 0 Å². The molecule has 0 aliphatic rings. The molecule has 0 fully saturated rings. The van der Waals surface area contributed by atoms with Crippen LogP contribution in [0.5, 0.6) is 5.75 Å². The van der Waals surface area contributed by atoms with Crippen molar-refractivity contribution in [1.29, 1.82) is 0 Å². The van der Waals surface area contributed by atoms with Crippen LogP contribution in [0.15, 0.2) is 54.6 Å². The van der Waals surface area contributed by atoms with E-state index in [0.29, 0.717) is 18.8 Å². The highest BCUT2D eigenvalue weighted by Crippen LogP contribution is 2.18. The van der Waals surface area contributed by atoms with Gasteiger partial charge in [0.05, 0.1) is 0 Å². The number of likely N-dealkylation sites (N-methyl/N-ethyl adjacent to an activating group) is 1. The normalized spacial score (nSPS) is 13.2. The third-order valence-corrected chi connectivity index (χ3v) is 5.89. The number of carbonyl (C=O) groups is 3. The lowest BCUT2D eigenvalue weighted by atomic mass is 9.99. The van der Waals surface area contributed by atoms with Crippen LogP contribution in [0, 0.1) is 5.92 Å². The van der Waals surface area contributed by atoms with Gasteiger partial charge in [-0.2, -0.15) is 0 Å². The lowest BCUT2D eigenvalue weighted by molar-refractivity contribution is -0.132. The van der Waals surface area contributed by atoms with Crippen molar-refractivity contribution in [1.82, 2.24) is 15.5 Å². The van der Waals surface area contributed by atoms with Gasteiger partial charge in [-0.15, -0.1) is 0 Å². The Hall–Kier alpha value is -3.55. The predicted octanol–water partition coefficient (Wildman–Crippen LogP) is 5.49. The number of rotatable bonds is 11. The Kier molecular flexibility index (Phi) is 11.6. The summed E-state index contributed by atoms with van der Waals surface area (Å²) in [7, 11) is 1.55. The Morgan fingerprint density at radius 2 is 1.45 bits per heavy atom. The zero-order valence-corrected chi connectivity index (χ0v) is 25.5. The summed E-state index contributed by atoms with van der Waals surface area (Å²) < 4.78 is 11.4. The lowest BCUT2D eigenvalue weighted by Crippen LogP contribution is -2.57. The summed E-state index contributed by atoms with van der Waals surface area (Å²) >= 11 is 0. The molecule has 0 aliphatic carbocycles. The molecule has 8 heteroatoms. The zero-order valence-electron chi connectivity index (χ0n) is 25.5. The van der Waals surface area contributed by atoms with E-state index in [4.69, 9.17) is 9.47 Å². The minimum Gasteiger partial charge on any atom is -0.489 e. The largest absolute Gasteiger partial charge is 0.489 e. The Labute approximate surface area is 239 Å². The lowest BCUT2D eigenvalue weighted by Gasteiger charge is -2.32. The van der Waals surface area contributed by atoms with E-state index < -0.39 is 35.2 Å². The van der Waals surface area contributed by atoms with Gasteiger partial charge in [0.1, 0.15) is 30.0 Å². The highest BCUT2D eigenvalue weighted by Gasteiger charge is 2.34. The van der Waals surface area contributed by atoms with Crippen molar-refractivity contribution in [2.75, 3.05) is 7.05 Å². The first-order valence-corrected chi connectivity index (χ1v) is 13.9. The molecule has 2 atom stereocenters. The second kappa shape index (κ2) is 14.2. The summed E-state index contributed by atoms with van der Waals surface area (Å²) in [6.07, 6.45) is 0.106. The quantitative estimate of drug-likeness (QED) is 0.384. The van der Waals surface area contributed by atoms with Crippen LogP contribution >= 0.6 is 0 Å². The topological polar surface area (TPSA) is 97.0 Å². The van der Waals surface area contributed by atoms with Gasteiger partial charge < -0.3 is 20.1 Å². The second-order valence-electron chi connectivity index (χ2n) is 12.7. The molecule has 2 rings (SSSR count). The molecule has 0 spiro atoms. The maximum Gasteiger partial charge on any atom is 0.410 e. The molecule has 8 nitrogen and oxygen atoms in total. The molecule has 2 aromatic rings. The van der Waals surface area contributed by atoms with E-state index >= 15 is 0 Å². The molecule has 0 aliphatic heterocycles. The van der Waals surface area contributed by atoms with Crippen molar-refractivity contribution in [3.8, 4) is 5.75 Å². The van der Waals surface area contributed by atoms with E-state index in [1.54, 1.807) is 27.8 Å². The molecule has 2 N–H and O–H groups in total. The number of ether oxygens (including phenoxy) is 2. The molecule has 0 saturated heterocycles. The van der Waals surface area contributed by atoms with Crippen molar-refractivity contribution in [3.05, 3.63) is 65.7 Å².